The SMILES string of the molecule is CSCCN(C)C(C)(CN)C(C)C. The summed E-state index contributed by atoms with van der Waals surface area (Å²) in [6, 6.07) is 0. The van der Waals surface area contributed by atoms with Crippen LogP contribution in [0.2, 0.25) is 0 Å². The Hall–Kier alpha value is 0.270. The van der Waals surface area contributed by atoms with E-state index in [4.69, 9.17) is 5.73 Å². The van der Waals surface area contributed by atoms with Crippen LogP contribution in [0.4, 0.5) is 0 Å². The van der Waals surface area contributed by atoms with Gasteiger partial charge < -0.3 is 5.73 Å². The summed E-state index contributed by atoms with van der Waals surface area (Å²) in [5.41, 5.74) is 5.98. The monoisotopic (exact) mass is 204 g/mol. The number of hydrogen-bond donors (Lipinski definition) is 1. The zero-order valence-electron chi connectivity index (χ0n) is 9.63. The average Bonchev–Trinajstić information content (AvgIpc) is 2.12. The first-order valence-electron chi connectivity index (χ1n) is 4.89. The third-order valence-corrected chi connectivity index (χ3v) is 3.75. The molecule has 0 aliphatic carbocycles. The number of thioether (sulfide) groups is 1. The van der Waals surface area contributed by atoms with E-state index in [9.17, 15) is 0 Å². The van der Waals surface area contributed by atoms with Crippen LogP contribution in [0, 0.1) is 5.92 Å². The molecule has 0 saturated heterocycles. The lowest BCUT2D eigenvalue weighted by atomic mass is 9.87. The molecule has 3 heteroatoms. The molecule has 2 nitrogen and oxygen atoms in total. The standard InChI is InChI=1S/C10H24N2S/c1-9(2)10(3,8-11)12(4)6-7-13-5/h9H,6-8,11H2,1-5H3. The molecule has 0 radical (unpaired) electrons. The largest absolute Gasteiger partial charge is 0.329 e. The highest BCUT2D eigenvalue weighted by atomic mass is 32.2. The van der Waals surface area contributed by atoms with Crippen molar-refractivity contribution in [3.8, 4) is 0 Å². The van der Waals surface area contributed by atoms with Crippen molar-refractivity contribution >= 4 is 11.8 Å². The van der Waals surface area contributed by atoms with Gasteiger partial charge in [0.1, 0.15) is 0 Å². The third-order valence-electron chi connectivity index (χ3n) is 3.16. The van der Waals surface area contributed by atoms with E-state index in [-0.39, 0.29) is 5.54 Å². The highest BCUT2D eigenvalue weighted by Crippen LogP contribution is 2.21. The Morgan fingerprint density at radius 1 is 1.46 bits per heavy atom. The molecule has 13 heavy (non-hydrogen) atoms. The highest BCUT2D eigenvalue weighted by Gasteiger charge is 2.30. The zero-order valence-corrected chi connectivity index (χ0v) is 10.4. The first-order chi connectivity index (χ1) is 5.99. The van der Waals surface area contributed by atoms with Crippen LogP contribution in [-0.4, -0.2) is 42.6 Å². The minimum Gasteiger partial charge on any atom is -0.329 e. The van der Waals surface area contributed by atoms with Gasteiger partial charge in [0, 0.05) is 24.4 Å². The normalized spacial score (nSPS) is 16.6. The Morgan fingerprint density at radius 3 is 2.31 bits per heavy atom. The molecule has 0 saturated carbocycles. The van der Waals surface area contributed by atoms with E-state index in [2.05, 4.69) is 39.0 Å². The van der Waals surface area contributed by atoms with Gasteiger partial charge in [-0.05, 0) is 26.1 Å². The fourth-order valence-corrected chi connectivity index (χ4v) is 1.77. The molecule has 0 amide bonds. The smallest absolute Gasteiger partial charge is 0.0323 e. The van der Waals surface area contributed by atoms with Crippen LogP contribution in [0.15, 0.2) is 0 Å². The lowest BCUT2D eigenvalue weighted by molar-refractivity contribution is 0.102. The lowest BCUT2D eigenvalue weighted by Gasteiger charge is -2.41. The molecule has 2 N–H and O–H groups in total. The lowest BCUT2D eigenvalue weighted by Crippen LogP contribution is -2.54. The summed E-state index contributed by atoms with van der Waals surface area (Å²) in [5.74, 6) is 1.78. The van der Waals surface area contributed by atoms with Gasteiger partial charge in [0.05, 0.1) is 0 Å². The Labute approximate surface area is 87.2 Å². The summed E-state index contributed by atoms with van der Waals surface area (Å²) in [7, 11) is 2.17. The Morgan fingerprint density at radius 2 is 2.00 bits per heavy atom. The number of likely N-dealkylation sites (N-methyl/N-ethyl adjacent to an activating group) is 1. The molecule has 0 aliphatic heterocycles. The van der Waals surface area contributed by atoms with Crippen LogP contribution in [0.3, 0.4) is 0 Å². The van der Waals surface area contributed by atoms with Crippen molar-refractivity contribution < 1.29 is 0 Å². The predicted octanol–water partition coefficient (Wildman–Crippen LogP) is 1.65. The van der Waals surface area contributed by atoms with Crippen molar-refractivity contribution in [3.05, 3.63) is 0 Å². The maximum atomic E-state index is 5.83. The minimum absolute atomic E-state index is 0.149. The van der Waals surface area contributed by atoms with E-state index in [1.54, 1.807) is 0 Å². The summed E-state index contributed by atoms with van der Waals surface area (Å²) in [6.45, 7) is 8.57. The van der Waals surface area contributed by atoms with Gasteiger partial charge >= 0.3 is 0 Å². The fourth-order valence-electron chi connectivity index (χ4n) is 1.32. The van der Waals surface area contributed by atoms with E-state index in [1.807, 2.05) is 11.8 Å². The average molecular weight is 204 g/mol. The molecule has 0 bridgehead atoms. The molecule has 0 rings (SSSR count). The van der Waals surface area contributed by atoms with Crippen LogP contribution in [0.5, 0.6) is 0 Å². The molecule has 1 unspecified atom stereocenters. The molecule has 1 atom stereocenters. The van der Waals surface area contributed by atoms with Crippen LogP contribution < -0.4 is 5.73 Å². The first kappa shape index (κ1) is 13.3. The minimum atomic E-state index is 0.149. The van der Waals surface area contributed by atoms with Gasteiger partial charge in [-0.3, -0.25) is 4.90 Å². The first-order valence-corrected chi connectivity index (χ1v) is 6.28. The maximum absolute atomic E-state index is 5.83. The number of hydrogen-bond acceptors (Lipinski definition) is 3. The highest BCUT2D eigenvalue weighted by molar-refractivity contribution is 7.98. The van der Waals surface area contributed by atoms with Gasteiger partial charge in [-0.1, -0.05) is 13.8 Å². The van der Waals surface area contributed by atoms with E-state index < -0.39 is 0 Å². The van der Waals surface area contributed by atoms with E-state index in [1.165, 1.54) is 5.75 Å². The summed E-state index contributed by atoms with van der Waals surface area (Å²) < 4.78 is 0. The topological polar surface area (TPSA) is 29.3 Å². The van der Waals surface area contributed by atoms with Crippen LogP contribution in [0.25, 0.3) is 0 Å². The number of rotatable bonds is 6. The fraction of sp³-hybridized carbons (Fsp3) is 1.00. The zero-order chi connectivity index (χ0) is 10.5. The Kier molecular flexibility index (Phi) is 6.01. The third kappa shape index (κ3) is 3.49. The number of nitrogens with zero attached hydrogens (tertiary/aromatic N) is 1. The van der Waals surface area contributed by atoms with Crippen LogP contribution in [0.1, 0.15) is 20.8 Å². The Balaban J connectivity index is 4.20. The molecular weight excluding hydrogens is 180 g/mol. The summed E-state index contributed by atoms with van der Waals surface area (Å²) >= 11 is 1.89. The van der Waals surface area contributed by atoms with Gasteiger partial charge in [0.25, 0.3) is 0 Å². The molecule has 0 heterocycles. The van der Waals surface area contributed by atoms with Crippen LogP contribution in [-0.2, 0) is 0 Å². The molecule has 0 aliphatic rings. The summed E-state index contributed by atoms with van der Waals surface area (Å²) in [5, 5.41) is 0. The molecule has 0 aromatic rings. The summed E-state index contributed by atoms with van der Waals surface area (Å²) in [6.07, 6.45) is 2.14. The second kappa shape index (κ2) is 5.89. The second-order valence-corrected chi connectivity index (χ2v) is 5.12. The molecular formula is C10H24N2S. The van der Waals surface area contributed by atoms with Crippen molar-refractivity contribution in [3.63, 3.8) is 0 Å². The van der Waals surface area contributed by atoms with Crippen molar-refractivity contribution in [1.82, 2.24) is 4.90 Å². The molecule has 0 fully saturated rings. The van der Waals surface area contributed by atoms with Crippen molar-refractivity contribution in [2.45, 2.75) is 26.3 Å². The van der Waals surface area contributed by atoms with Gasteiger partial charge in [0.15, 0.2) is 0 Å². The maximum Gasteiger partial charge on any atom is 0.0323 e. The van der Waals surface area contributed by atoms with Gasteiger partial charge in [-0.2, -0.15) is 11.8 Å². The van der Waals surface area contributed by atoms with E-state index in [0.717, 1.165) is 13.1 Å². The number of nitrogens with two attached hydrogens (primary N) is 1. The molecule has 80 valence electrons. The predicted molar refractivity (Wildman–Crippen MR) is 63.3 cm³/mol. The molecule has 0 spiro atoms. The molecule has 0 aromatic carbocycles. The Bertz CT molecular complexity index is 139. The van der Waals surface area contributed by atoms with Gasteiger partial charge in [-0.25, -0.2) is 0 Å². The summed E-state index contributed by atoms with van der Waals surface area (Å²) in [4.78, 5) is 2.38. The van der Waals surface area contributed by atoms with Crippen molar-refractivity contribution in [2.24, 2.45) is 11.7 Å². The van der Waals surface area contributed by atoms with Gasteiger partial charge in [0.2, 0.25) is 0 Å². The van der Waals surface area contributed by atoms with E-state index >= 15 is 0 Å². The quantitative estimate of drug-likeness (QED) is 0.713. The molecule has 0 aromatic heterocycles. The van der Waals surface area contributed by atoms with Crippen molar-refractivity contribution in [2.75, 3.05) is 32.1 Å². The van der Waals surface area contributed by atoms with Crippen LogP contribution >= 0.6 is 11.8 Å². The van der Waals surface area contributed by atoms with E-state index in [0.29, 0.717) is 5.92 Å². The van der Waals surface area contributed by atoms with Crippen molar-refractivity contribution in [1.29, 1.82) is 0 Å². The second-order valence-electron chi connectivity index (χ2n) is 4.13. The van der Waals surface area contributed by atoms with Gasteiger partial charge in [-0.15, -0.1) is 0 Å².